The molecule has 1 rings (SSSR count). The first-order chi connectivity index (χ1) is 10.4. The highest BCUT2D eigenvalue weighted by molar-refractivity contribution is 5.95. The molecule has 0 radical (unpaired) electrons. The van der Waals surface area contributed by atoms with E-state index < -0.39 is 16.9 Å². The molecular weight excluding hydrogens is 290 g/mol. The Balaban J connectivity index is 3.39. The number of nitrogens with zero attached hydrogens (tertiary/aromatic N) is 1. The predicted molar refractivity (Wildman–Crippen MR) is 79.0 cm³/mol. The molecule has 0 aliphatic rings. The fourth-order valence-corrected chi connectivity index (χ4v) is 2.10. The van der Waals surface area contributed by atoms with Gasteiger partial charge in [0, 0.05) is 12.5 Å². The molecule has 1 aromatic carbocycles. The molecule has 0 aliphatic carbocycles. The lowest BCUT2D eigenvalue weighted by Crippen LogP contribution is -2.12. The molecule has 7 heteroatoms. The molecule has 120 valence electrons. The van der Waals surface area contributed by atoms with Crippen molar-refractivity contribution in [2.45, 2.75) is 39.5 Å². The van der Waals surface area contributed by atoms with Crippen LogP contribution in [0.25, 0.3) is 0 Å². The van der Waals surface area contributed by atoms with E-state index in [0.29, 0.717) is 12.0 Å². The number of esters is 2. The van der Waals surface area contributed by atoms with Crippen molar-refractivity contribution in [3.8, 4) is 5.75 Å². The van der Waals surface area contributed by atoms with Gasteiger partial charge in [0.1, 0.15) is 5.56 Å². The molecule has 1 aromatic rings. The van der Waals surface area contributed by atoms with Gasteiger partial charge in [-0.2, -0.15) is 0 Å². The molecule has 0 spiro atoms. The number of methoxy groups -OCH3 is 1. The molecule has 0 saturated heterocycles. The third-order valence-corrected chi connectivity index (χ3v) is 3.10. The molecule has 22 heavy (non-hydrogen) atoms. The van der Waals surface area contributed by atoms with Crippen LogP contribution in [0.4, 0.5) is 5.69 Å². The second-order valence-electron chi connectivity index (χ2n) is 4.75. The van der Waals surface area contributed by atoms with Gasteiger partial charge in [-0.3, -0.25) is 14.9 Å². The number of rotatable bonds is 7. The Bertz CT molecular complexity index is 582. The summed E-state index contributed by atoms with van der Waals surface area (Å²) >= 11 is 0. The van der Waals surface area contributed by atoms with Gasteiger partial charge in [0.15, 0.2) is 0 Å². The molecule has 7 nitrogen and oxygen atoms in total. The first-order valence-electron chi connectivity index (χ1n) is 6.99. The van der Waals surface area contributed by atoms with Crippen LogP contribution in [0.5, 0.6) is 5.75 Å². The summed E-state index contributed by atoms with van der Waals surface area (Å²) in [7, 11) is 1.15. The smallest absolute Gasteiger partial charge is 0.341 e. The van der Waals surface area contributed by atoms with E-state index in [-0.39, 0.29) is 17.0 Å². The van der Waals surface area contributed by atoms with Crippen LogP contribution in [0.3, 0.4) is 0 Å². The summed E-state index contributed by atoms with van der Waals surface area (Å²) in [5, 5.41) is 11.4. The highest BCUT2D eigenvalue weighted by Crippen LogP contribution is 2.36. The minimum absolute atomic E-state index is 0.136. The summed E-state index contributed by atoms with van der Waals surface area (Å²) in [6.45, 7) is 3.15. The number of aryl methyl sites for hydroxylation is 1. The lowest BCUT2D eigenvalue weighted by atomic mass is 10.0. The molecule has 0 atom stereocenters. The summed E-state index contributed by atoms with van der Waals surface area (Å²) in [5.74, 6) is -1.88. The Morgan fingerprint density at radius 1 is 1.27 bits per heavy atom. The quantitative estimate of drug-likeness (QED) is 0.252. The topological polar surface area (TPSA) is 95.7 Å². The summed E-state index contributed by atoms with van der Waals surface area (Å²) in [4.78, 5) is 33.7. The number of benzene rings is 1. The number of carbonyl (C=O) groups excluding carboxylic acids is 2. The zero-order valence-corrected chi connectivity index (χ0v) is 12.9. The lowest BCUT2D eigenvalue weighted by Gasteiger charge is -2.11. The van der Waals surface area contributed by atoms with Crippen molar-refractivity contribution < 1.29 is 24.0 Å². The van der Waals surface area contributed by atoms with E-state index >= 15 is 0 Å². The lowest BCUT2D eigenvalue weighted by molar-refractivity contribution is -0.386. The Morgan fingerprint density at radius 3 is 2.45 bits per heavy atom. The fraction of sp³-hybridized carbons (Fsp3) is 0.467. The average Bonchev–Trinajstić information content (AvgIpc) is 2.46. The van der Waals surface area contributed by atoms with Crippen molar-refractivity contribution >= 4 is 17.6 Å². The minimum atomic E-state index is -0.792. The van der Waals surface area contributed by atoms with E-state index in [2.05, 4.69) is 4.74 Å². The maximum absolute atomic E-state index is 11.7. The van der Waals surface area contributed by atoms with E-state index in [1.165, 1.54) is 12.1 Å². The molecule has 0 aromatic heterocycles. The maximum Gasteiger partial charge on any atom is 0.341 e. The van der Waals surface area contributed by atoms with Crippen molar-refractivity contribution in [3.63, 3.8) is 0 Å². The Kier molecular flexibility index (Phi) is 6.49. The first kappa shape index (κ1) is 17.6. The van der Waals surface area contributed by atoms with Gasteiger partial charge in [-0.05, 0) is 18.9 Å². The molecule has 0 aliphatic heterocycles. The number of nitro groups is 1. The van der Waals surface area contributed by atoms with Gasteiger partial charge in [0.2, 0.25) is 5.75 Å². The Morgan fingerprint density at radius 2 is 1.95 bits per heavy atom. The molecule has 0 amide bonds. The number of hydrogen-bond donors (Lipinski definition) is 0. The van der Waals surface area contributed by atoms with Crippen LogP contribution >= 0.6 is 0 Å². The second kappa shape index (κ2) is 8.11. The van der Waals surface area contributed by atoms with Crippen LogP contribution in [0.2, 0.25) is 0 Å². The van der Waals surface area contributed by atoms with Crippen LogP contribution in [0.15, 0.2) is 12.1 Å². The predicted octanol–water partition coefficient (Wildman–Crippen LogP) is 3.04. The summed E-state index contributed by atoms with van der Waals surface area (Å²) in [6.07, 6.45) is 3.15. The summed E-state index contributed by atoms with van der Waals surface area (Å²) < 4.78 is 9.51. The van der Waals surface area contributed by atoms with Gasteiger partial charge in [-0.25, -0.2) is 4.79 Å². The van der Waals surface area contributed by atoms with Crippen LogP contribution in [-0.4, -0.2) is 24.0 Å². The van der Waals surface area contributed by atoms with Crippen LogP contribution in [0, 0.1) is 10.1 Å². The molecule has 0 unspecified atom stereocenters. The monoisotopic (exact) mass is 309 g/mol. The fourth-order valence-electron chi connectivity index (χ4n) is 2.10. The summed E-state index contributed by atoms with van der Waals surface area (Å²) in [5.41, 5.74) is -0.0554. The van der Waals surface area contributed by atoms with Crippen molar-refractivity contribution in [2.75, 3.05) is 7.11 Å². The van der Waals surface area contributed by atoms with Crippen LogP contribution in [-0.2, 0) is 16.0 Å². The van der Waals surface area contributed by atoms with Crippen molar-refractivity contribution in [1.29, 1.82) is 0 Å². The van der Waals surface area contributed by atoms with Gasteiger partial charge >= 0.3 is 17.6 Å². The largest absolute Gasteiger partial charge is 0.465 e. The third-order valence-electron chi connectivity index (χ3n) is 3.10. The van der Waals surface area contributed by atoms with Gasteiger partial charge < -0.3 is 9.47 Å². The number of nitro benzene ring substituents is 1. The third kappa shape index (κ3) is 4.28. The zero-order chi connectivity index (χ0) is 16.7. The second-order valence-corrected chi connectivity index (χ2v) is 4.75. The van der Waals surface area contributed by atoms with E-state index in [1.54, 1.807) is 0 Å². The van der Waals surface area contributed by atoms with E-state index in [4.69, 9.17) is 4.74 Å². The van der Waals surface area contributed by atoms with Crippen LogP contribution in [0.1, 0.15) is 49.0 Å². The van der Waals surface area contributed by atoms with E-state index in [9.17, 15) is 19.7 Å². The molecule has 0 fully saturated rings. The van der Waals surface area contributed by atoms with Crippen molar-refractivity contribution in [1.82, 2.24) is 0 Å². The van der Waals surface area contributed by atoms with Crippen molar-refractivity contribution in [3.05, 3.63) is 33.4 Å². The molecular formula is C15H19NO6. The van der Waals surface area contributed by atoms with Gasteiger partial charge in [0.25, 0.3) is 0 Å². The normalized spacial score (nSPS) is 10.1. The van der Waals surface area contributed by atoms with E-state index in [0.717, 1.165) is 33.3 Å². The van der Waals surface area contributed by atoms with Gasteiger partial charge in [0.05, 0.1) is 12.0 Å². The number of unbranched alkanes of at least 4 members (excludes halogenated alkanes) is 2. The number of ether oxygens (including phenoxy) is 2. The minimum Gasteiger partial charge on any atom is -0.465 e. The van der Waals surface area contributed by atoms with Crippen molar-refractivity contribution in [2.24, 2.45) is 0 Å². The molecule has 0 N–H and O–H groups in total. The maximum atomic E-state index is 11.7. The highest BCUT2D eigenvalue weighted by Gasteiger charge is 2.29. The van der Waals surface area contributed by atoms with E-state index in [1.807, 2.05) is 6.92 Å². The van der Waals surface area contributed by atoms with Gasteiger partial charge in [-0.15, -0.1) is 0 Å². The van der Waals surface area contributed by atoms with Gasteiger partial charge in [-0.1, -0.05) is 25.8 Å². The Hall–Kier alpha value is -2.44. The number of hydrogen-bond acceptors (Lipinski definition) is 6. The van der Waals surface area contributed by atoms with Crippen LogP contribution < -0.4 is 4.74 Å². The molecule has 0 saturated carbocycles. The average molecular weight is 309 g/mol. The number of carbonyl (C=O) groups is 2. The Labute approximate surface area is 128 Å². The first-order valence-corrected chi connectivity index (χ1v) is 6.99. The zero-order valence-electron chi connectivity index (χ0n) is 12.9. The highest BCUT2D eigenvalue weighted by atomic mass is 16.6. The molecule has 0 bridgehead atoms. The SMILES string of the molecule is CCCCCc1ccc(C(=O)OC)c(OC(C)=O)c1[N+](=O)[O-]. The standard InChI is InChI=1S/C15H19NO6/c1-4-5-6-7-11-8-9-12(15(18)21-3)14(22-10(2)17)13(11)16(19)20/h8-9H,4-7H2,1-3H3. The molecule has 0 heterocycles. The summed E-state index contributed by atoms with van der Waals surface area (Å²) in [6, 6.07) is 2.89.